The molecule has 0 N–H and O–H groups in total. The molecule has 0 spiro atoms. The number of benzene rings is 2. The van der Waals surface area contributed by atoms with Gasteiger partial charge in [-0.25, -0.2) is 8.42 Å². The SMILES string of the molecule is Cc1cccc(N(Cc2ccccc2)C(=O)C2=CC=CN3CCS(=O)(=O)N=C23)c1. The van der Waals surface area contributed by atoms with Crippen LogP contribution in [0.25, 0.3) is 0 Å². The fourth-order valence-electron chi connectivity index (χ4n) is 3.37. The maximum Gasteiger partial charge on any atom is 0.262 e. The van der Waals surface area contributed by atoms with Gasteiger partial charge in [0.2, 0.25) is 0 Å². The summed E-state index contributed by atoms with van der Waals surface area (Å²) in [5.74, 6) is -0.160. The number of anilines is 1. The smallest absolute Gasteiger partial charge is 0.262 e. The largest absolute Gasteiger partial charge is 0.331 e. The summed E-state index contributed by atoms with van der Waals surface area (Å²) in [6.07, 6.45) is 5.13. The van der Waals surface area contributed by atoms with Crippen molar-refractivity contribution >= 4 is 27.5 Å². The quantitative estimate of drug-likeness (QED) is 0.781. The van der Waals surface area contributed by atoms with Gasteiger partial charge in [-0.3, -0.25) is 4.79 Å². The van der Waals surface area contributed by atoms with E-state index in [4.69, 9.17) is 0 Å². The average molecular weight is 407 g/mol. The molecule has 6 nitrogen and oxygen atoms in total. The van der Waals surface area contributed by atoms with Gasteiger partial charge in [0.05, 0.1) is 17.9 Å². The summed E-state index contributed by atoms with van der Waals surface area (Å²) >= 11 is 0. The van der Waals surface area contributed by atoms with Crippen molar-refractivity contribution in [3.8, 4) is 0 Å². The number of allylic oxidation sites excluding steroid dienone is 2. The van der Waals surface area contributed by atoms with Gasteiger partial charge in [-0.15, -0.1) is 4.40 Å². The highest BCUT2D eigenvalue weighted by Crippen LogP contribution is 2.25. The molecule has 1 amide bonds. The number of amidine groups is 1. The van der Waals surface area contributed by atoms with Gasteiger partial charge < -0.3 is 9.80 Å². The summed E-state index contributed by atoms with van der Waals surface area (Å²) in [5.41, 5.74) is 3.03. The van der Waals surface area contributed by atoms with Crippen LogP contribution in [-0.4, -0.2) is 37.4 Å². The first-order valence-corrected chi connectivity index (χ1v) is 10.9. The maximum absolute atomic E-state index is 13.6. The molecule has 2 aromatic rings. The topological polar surface area (TPSA) is 70.1 Å². The zero-order valence-electron chi connectivity index (χ0n) is 16.0. The predicted molar refractivity (Wildman–Crippen MR) is 114 cm³/mol. The number of rotatable bonds is 4. The molecule has 0 aromatic heterocycles. The molecule has 0 bridgehead atoms. The Balaban J connectivity index is 1.76. The number of carbonyl (C=O) groups excluding carboxylic acids is 1. The van der Waals surface area contributed by atoms with Crippen LogP contribution >= 0.6 is 0 Å². The number of sulfonamides is 1. The van der Waals surface area contributed by atoms with E-state index in [1.807, 2.05) is 61.5 Å². The number of fused-ring (bicyclic) bond motifs is 1. The predicted octanol–water partition coefficient (Wildman–Crippen LogP) is 3.03. The van der Waals surface area contributed by atoms with Crippen molar-refractivity contribution in [1.29, 1.82) is 0 Å². The van der Waals surface area contributed by atoms with Crippen molar-refractivity contribution in [2.75, 3.05) is 17.2 Å². The zero-order chi connectivity index (χ0) is 20.4. The first kappa shape index (κ1) is 19.1. The molecular formula is C22H21N3O3S. The fourth-order valence-corrected chi connectivity index (χ4v) is 4.36. The Kier molecular flexibility index (Phi) is 5.07. The van der Waals surface area contributed by atoms with Gasteiger partial charge in [0.1, 0.15) is 0 Å². The summed E-state index contributed by atoms with van der Waals surface area (Å²) in [4.78, 5) is 17.0. The minimum Gasteiger partial charge on any atom is -0.331 e. The van der Waals surface area contributed by atoms with Crippen LogP contribution < -0.4 is 4.90 Å². The molecule has 2 aliphatic rings. The number of amides is 1. The number of hydrogen-bond acceptors (Lipinski definition) is 4. The lowest BCUT2D eigenvalue weighted by molar-refractivity contribution is -0.114. The standard InChI is InChI=1S/C22H21N3O3S/c1-17-7-5-10-19(15-17)25(16-18-8-3-2-4-9-18)22(26)20-11-6-12-24-13-14-29(27,28)23-21(20)24/h2-12,15H,13-14,16H2,1H3. The molecule has 0 aliphatic carbocycles. The van der Waals surface area contributed by atoms with Crippen LogP contribution in [0.15, 0.2) is 82.9 Å². The first-order chi connectivity index (χ1) is 13.9. The number of nitrogens with zero attached hydrogens (tertiary/aromatic N) is 3. The van der Waals surface area contributed by atoms with Crippen LogP contribution in [0, 0.1) is 6.92 Å². The number of hydrogen-bond donors (Lipinski definition) is 0. The lowest BCUT2D eigenvalue weighted by Gasteiger charge is -2.31. The normalized spacial score (nSPS) is 17.2. The van der Waals surface area contributed by atoms with Crippen LogP contribution in [0.2, 0.25) is 0 Å². The second-order valence-corrected chi connectivity index (χ2v) is 8.79. The van der Waals surface area contributed by atoms with Gasteiger partial charge in [-0.1, -0.05) is 42.5 Å². The van der Waals surface area contributed by atoms with E-state index in [0.29, 0.717) is 6.54 Å². The monoisotopic (exact) mass is 407 g/mol. The Morgan fingerprint density at radius 1 is 1.14 bits per heavy atom. The van der Waals surface area contributed by atoms with E-state index < -0.39 is 10.0 Å². The maximum atomic E-state index is 13.6. The lowest BCUT2D eigenvalue weighted by atomic mass is 10.1. The summed E-state index contributed by atoms with van der Waals surface area (Å²) in [5, 5.41) is 0. The van der Waals surface area contributed by atoms with Crippen LogP contribution in [0.1, 0.15) is 11.1 Å². The van der Waals surface area contributed by atoms with E-state index in [-0.39, 0.29) is 29.6 Å². The Bertz CT molecular complexity index is 1130. The minimum atomic E-state index is -3.57. The molecule has 0 radical (unpaired) electrons. The second-order valence-electron chi connectivity index (χ2n) is 7.03. The van der Waals surface area contributed by atoms with Crippen molar-refractivity contribution in [1.82, 2.24) is 4.90 Å². The van der Waals surface area contributed by atoms with Crippen LogP contribution in [0.4, 0.5) is 5.69 Å². The van der Waals surface area contributed by atoms with Crippen molar-refractivity contribution in [3.05, 3.63) is 89.6 Å². The van der Waals surface area contributed by atoms with E-state index >= 15 is 0 Å². The zero-order valence-corrected chi connectivity index (χ0v) is 16.8. The Labute approximate surface area is 170 Å². The molecule has 2 aromatic carbocycles. The van der Waals surface area contributed by atoms with Gasteiger partial charge in [0.15, 0.2) is 5.84 Å². The van der Waals surface area contributed by atoms with E-state index in [2.05, 4.69) is 4.40 Å². The lowest BCUT2D eigenvalue weighted by Crippen LogP contribution is -2.43. The Morgan fingerprint density at radius 3 is 2.69 bits per heavy atom. The Hall–Kier alpha value is -3.19. The summed E-state index contributed by atoms with van der Waals surface area (Å²) in [6.45, 7) is 2.62. The van der Waals surface area contributed by atoms with E-state index in [9.17, 15) is 13.2 Å². The molecule has 0 atom stereocenters. The summed E-state index contributed by atoms with van der Waals surface area (Å²) < 4.78 is 28.0. The van der Waals surface area contributed by atoms with E-state index in [0.717, 1.165) is 16.8 Å². The van der Waals surface area contributed by atoms with E-state index in [1.165, 1.54) is 0 Å². The van der Waals surface area contributed by atoms with Crippen molar-refractivity contribution in [2.45, 2.75) is 13.5 Å². The molecule has 0 fully saturated rings. The van der Waals surface area contributed by atoms with Gasteiger partial charge in [0.25, 0.3) is 15.9 Å². The Morgan fingerprint density at radius 2 is 1.93 bits per heavy atom. The van der Waals surface area contributed by atoms with Crippen molar-refractivity contribution < 1.29 is 13.2 Å². The summed E-state index contributed by atoms with van der Waals surface area (Å²) in [7, 11) is -3.57. The van der Waals surface area contributed by atoms with Gasteiger partial charge >= 0.3 is 0 Å². The third-order valence-corrected chi connectivity index (χ3v) is 5.98. The molecule has 2 aliphatic heterocycles. The highest BCUT2D eigenvalue weighted by molar-refractivity contribution is 7.90. The van der Waals surface area contributed by atoms with Crippen molar-refractivity contribution in [3.63, 3.8) is 0 Å². The van der Waals surface area contributed by atoms with Crippen LogP contribution in [0.5, 0.6) is 0 Å². The molecule has 7 heteroatoms. The molecule has 0 saturated heterocycles. The second kappa shape index (κ2) is 7.67. The molecule has 0 unspecified atom stereocenters. The summed E-state index contributed by atoms with van der Waals surface area (Å²) in [6, 6.07) is 17.4. The minimum absolute atomic E-state index is 0.0616. The third-order valence-electron chi connectivity index (χ3n) is 4.83. The molecular weight excluding hydrogens is 386 g/mol. The highest BCUT2D eigenvalue weighted by Gasteiger charge is 2.32. The molecule has 148 valence electrons. The molecule has 4 rings (SSSR count). The van der Waals surface area contributed by atoms with E-state index in [1.54, 1.807) is 28.2 Å². The molecule has 29 heavy (non-hydrogen) atoms. The van der Waals surface area contributed by atoms with Gasteiger partial charge in [-0.05, 0) is 42.3 Å². The molecule has 0 saturated carbocycles. The number of aryl methyl sites for hydroxylation is 1. The van der Waals surface area contributed by atoms with Gasteiger partial charge in [0, 0.05) is 18.4 Å². The number of carbonyl (C=O) groups is 1. The fraction of sp³-hybridized carbons (Fsp3) is 0.182. The van der Waals surface area contributed by atoms with Crippen molar-refractivity contribution in [2.24, 2.45) is 4.40 Å². The highest BCUT2D eigenvalue weighted by atomic mass is 32.2. The van der Waals surface area contributed by atoms with Crippen LogP contribution in [-0.2, 0) is 21.4 Å². The first-order valence-electron chi connectivity index (χ1n) is 9.33. The average Bonchev–Trinajstić information content (AvgIpc) is 2.71. The van der Waals surface area contributed by atoms with Crippen LogP contribution in [0.3, 0.4) is 0 Å². The van der Waals surface area contributed by atoms with Gasteiger partial charge in [-0.2, -0.15) is 0 Å². The third kappa shape index (κ3) is 4.14. The molecule has 2 heterocycles.